The van der Waals surface area contributed by atoms with Gasteiger partial charge in [0.25, 0.3) is 0 Å². The minimum Gasteiger partial charge on any atom is -0.493 e. The highest BCUT2D eigenvalue weighted by atomic mass is 35.5. The topological polar surface area (TPSA) is 9.23 Å². The van der Waals surface area contributed by atoms with E-state index >= 15 is 0 Å². The summed E-state index contributed by atoms with van der Waals surface area (Å²) in [6, 6.07) is 8.14. The van der Waals surface area contributed by atoms with E-state index in [1.54, 1.807) is 11.3 Å². The first-order valence-corrected chi connectivity index (χ1v) is 8.00. The lowest BCUT2D eigenvalue weighted by atomic mass is 10.0. The molecule has 2 heterocycles. The number of thiophene rings is 1. The second-order valence-corrected chi connectivity index (χ2v) is 6.67. The SMILES string of the molecule is CCc1ccc(C(Cl)c2cc(Cl)cc3c2OCC3)s1. The number of aryl methyl sites for hydroxylation is 1. The summed E-state index contributed by atoms with van der Waals surface area (Å²) in [5, 5.41) is 0.549. The average molecular weight is 313 g/mol. The Morgan fingerprint density at radius 2 is 2.21 bits per heavy atom. The van der Waals surface area contributed by atoms with Gasteiger partial charge in [0.05, 0.1) is 12.0 Å². The lowest BCUT2D eigenvalue weighted by Gasteiger charge is -2.13. The summed E-state index contributed by atoms with van der Waals surface area (Å²) in [4.78, 5) is 2.50. The molecular weight excluding hydrogens is 299 g/mol. The van der Waals surface area contributed by atoms with Crippen molar-refractivity contribution >= 4 is 34.5 Å². The molecule has 3 rings (SSSR count). The fourth-order valence-electron chi connectivity index (χ4n) is 2.36. The first-order chi connectivity index (χ1) is 9.19. The largest absolute Gasteiger partial charge is 0.493 e. The predicted molar refractivity (Wildman–Crippen MR) is 82.0 cm³/mol. The van der Waals surface area contributed by atoms with Gasteiger partial charge in [-0.1, -0.05) is 18.5 Å². The van der Waals surface area contributed by atoms with Crippen LogP contribution in [0, 0.1) is 0 Å². The van der Waals surface area contributed by atoms with Gasteiger partial charge in [0.2, 0.25) is 0 Å². The summed E-state index contributed by atoms with van der Waals surface area (Å²) in [6.45, 7) is 2.87. The van der Waals surface area contributed by atoms with Crippen molar-refractivity contribution in [3.05, 3.63) is 50.2 Å². The third-order valence-corrected chi connectivity index (χ3v) is 5.44. The fraction of sp³-hybridized carbons (Fsp3) is 0.333. The smallest absolute Gasteiger partial charge is 0.127 e. The Bertz CT molecular complexity index is 606. The molecule has 1 nitrogen and oxygen atoms in total. The molecule has 19 heavy (non-hydrogen) atoms. The first-order valence-electron chi connectivity index (χ1n) is 6.37. The summed E-state index contributed by atoms with van der Waals surface area (Å²) >= 11 is 14.6. The molecule has 0 saturated carbocycles. The Kier molecular flexibility index (Phi) is 3.75. The van der Waals surface area contributed by atoms with Gasteiger partial charge in [0, 0.05) is 26.8 Å². The molecule has 0 radical (unpaired) electrons. The highest BCUT2D eigenvalue weighted by Gasteiger charge is 2.24. The summed E-state index contributed by atoms with van der Waals surface area (Å²) in [7, 11) is 0. The van der Waals surface area contributed by atoms with Crippen molar-refractivity contribution in [3.8, 4) is 5.75 Å². The van der Waals surface area contributed by atoms with Gasteiger partial charge in [0.15, 0.2) is 0 Å². The van der Waals surface area contributed by atoms with E-state index in [0.717, 1.165) is 40.7 Å². The van der Waals surface area contributed by atoms with E-state index in [4.69, 9.17) is 27.9 Å². The Balaban J connectivity index is 2.02. The molecule has 0 aliphatic carbocycles. The Hall–Kier alpha value is -0.700. The second kappa shape index (κ2) is 5.35. The maximum Gasteiger partial charge on any atom is 0.127 e. The number of benzene rings is 1. The van der Waals surface area contributed by atoms with Crippen molar-refractivity contribution < 1.29 is 4.74 Å². The van der Waals surface area contributed by atoms with Crippen LogP contribution in [0.4, 0.5) is 0 Å². The summed E-state index contributed by atoms with van der Waals surface area (Å²) in [6.07, 6.45) is 1.95. The molecule has 0 fully saturated rings. The van der Waals surface area contributed by atoms with Crippen LogP contribution in [-0.4, -0.2) is 6.61 Å². The third-order valence-electron chi connectivity index (χ3n) is 3.33. The molecule has 1 unspecified atom stereocenters. The molecule has 0 saturated heterocycles. The molecule has 100 valence electrons. The van der Waals surface area contributed by atoms with E-state index in [2.05, 4.69) is 19.1 Å². The molecular formula is C15H14Cl2OS. The molecule has 0 spiro atoms. The normalized spacial score (nSPS) is 15.1. The Morgan fingerprint density at radius 3 is 2.95 bits per heavy atom. The van der Waals surface area contributed by atoms with E-state index in [1.807, 2.05) is 12.1 Å². The number of rotatable bonds is 3. The van der Waals surface area contributed by atoms with Crippen LogP contribution in [0.5, 0.6) is 5.75 Å². The van der Waals surface area contributed by atoms with Gasteiger partial charge in [-0.15, -0.1) is 22.9 Å². The second-order valence-electron chi connectivity index (χ2n) is 4.60. The van der Waals surface area contributed by atoms with Gasteiger partial charge in [-0.05, 0) is 36.2 Å². The minimum absolute atomic E-state index is 0.184. The summed E-state index contributed by atoms with van der Waals surface area (Å²) in [5.74, 6) is 0.927. The minimum atomic E-state index is -0.184. The molecule has 1 aliphatic rings. The molecule has 0 bridgehead atoms. The van der Waals surface area contributed by atoms with Gasteiger partial charge >= 0.3 is 0 Å². The van der Waals surface area contributed by atoms with Crippen LogP contribution in [0.2, 0.25) is 5.02 Å². The van der Waals surface area contributed by atoms with E-state index in [1.165, 1.54) is 10.4 Å². The van der Waals surface area contributed by atoms with Gasteiger partial charge in [-0.25, -0.2) is 0 Å². The number of alkyl halides is 1. The van der Waals surface area contributed by atoms with Crippen LogP contribution in [-0.2, 0) is 12.8 Å². The van der Waals surface area contributed by atoms with E-state index < -0.39 is 0 Å². The lowest BCUT2D eigenvalue weighted by molar-refractivity contribution is 0.354. The zero-order chi connectivity index (χ0) is 13.4. The fourth-order valence-corrected chi connectivity index (χ4v) is 3.93. The molecule has 2 aromatic rings. The van der Waals surface area contributed by atoms with Crippen molar-refractivity contribution in [2.45, 2.75) is 25.1 Å². The number of hydrogen-bond acceptors (Lipinski definition) is 2. The van der Waals surface area contributed by atoms with Crippen molar-refractivity contribution in [2.24, 2.45) is 0 Å². The van der Waals surface area contributed by atoms with Crippen molar-refractivity contribution in [3.63, 3.8) is 0 Å². The van der Waals surface area contributed by atoms with Crippen molar-refractivity contribution in [1.82, 2.24) is 0 Å². The molecule has 0 amide bonds. The zero-order valence-electron chi connectivity index (χ0n) is 10.6. The Labute approximate surface area is 127 Å². The monoisotopic (exact) mass is 312 g/mol. The average Bonchev–Trinajstić information content (AvgIpc) is 3.04. The number of halogens is 2. The van der Waals surface area contributed by atoms with Gasteiger partial charge in [-0.3, -0.25) is 0 Å². The Morgan fingerprint density at radius 1 is 1.37 bits per heavy atom. The number of fused-ring (bicyclic) bond motifs is 1. The number of hydrogen-bond donors (Lipinski definition) is 0. The van der Waals surface area contributed by atoms with E-state index in [9.17, 15) is 0 Å². The van der Waals surface area contributed by atoms with Crippen LogP contribution in [0.15, 0.2) is 24.3 Å². The van der Waals surface area contributed by atoms with Crippen LogP contribution in [0.1, 0.15) is 33.2 Å². The molecule has 1 atom stereocenters. The van der Waals surface area contributed by atoms with Gasteiger partial charge in [0.1, 0.15) is 5.75 Å². The van der Waals surface area contributed by atoms with Crippen LogP contribution >= 0.6 is 34.5 Å². The van der Waals surface area contributed by atoms with Crippen LogP contribution in [0.25, 0.3) is 0 Å². The zero-order valence-corrected chi connectivity index (χ0v) is 12.9. The summed E-state index contributed by atoms with van der Waals surface area (Å²) < 4.78 is 5.72. The van der Waals surface area contributed by atoms with E-state index in [0.29, 0.717) is 0 Å². The van der Waals surface area contributed by atoms with Crippen molar-refractivity contribution in [1.29, 1.82) is 0 Å². The third kappa shape index (κ3) is 2.49. The standard InChI is InChI=1S/C15H14Cl2OS/c1-2-11-3-4-13(19-11)14(17)12-8-10(16)7-9-5-6-18-15(9)12/h3-4,7-8,14H,2,5-6H2,1H3. The first kappa shape index (κ1) is 13.3. The molecule has 0 N–H and O–H groups in total. The number of ether oxygens (including phenoxy) is 1. The maximum absolute atomic E-state index is 6.63. The lowest BCUT2D eigenvalue weighted by Crippen LogP contribution is -1.95. The summed E-state index contributed by atoms with van der Waals surface area (Å²) in [5.41, 5.74) is 2.16. The highest BCUT2D eigenvalue weighted by molar-refractivity contribution is 7.12. The van der Waals surface area contributed by atoms with E-state index in [-0.39, 0.29) is 5.38 Å². The quantitative estimate of drug-likeness (QED) is 0.705. The van der Waals surface area contributed by atoms with Gasteiger partial charge < -0.3 is 4.74 Å². The molecule has 1 aliphatic heterocycles. The van der Waals surface area contributed by atoms with Crippen molar-refractivity contribution in [2.75, 3.05) is 6.61 Å². The van der Waals surface area contributed by atoms with Gasteiger partial charge in [-0.2, -0.15) is 0 Å². The highest BCUT2D eigenvalue weighted by Crippen LogP contribution is 2.43. The van der Waals surface area contributed by atoms with Crippen LogP contribution in [0.3, 0.4) is 0 Å². The maximum atomic E-state index is 6.63. The molecule has 1 aromatic heterocycles. The molecule has 4 heteroatoms. The van der Waals surface area contributed by atoms with Crippen LogP contribution < -0.4 is 4.74 Å². The molecule has 1 aromatic carbocycles. The predicted octanol–water partition coefficient (Wildman–Crippen LogP) is 5.23.